The van der Waals surface area contributed by atoms with E-state index in [-0.39, 0.29) is 12.8 Å². The lowest BCUT2D eigenvalue weighted by Crippen LogP contribution is -2.59. The second kappa shape index (κ2) is 4.01. The SMILES string of the molecule is NC(c1nccs1)C1(O)CC(CF)(CF)C1. The van der Waals surface area contributed by atoms with Crippen LogP contribution in [-0.2, 0) is 0 Å². The molecule has 0 aliphatic heterocycles. The Kier molecular flexibility index (Phi) is 2.98. The molecule has 90 valence electrons. The topological polar surface area (TPSA) is 59.1 Å². The third kappa shape index (κ3) is 1.74. The largest absolute Gasteiger partial charge is 0.388 e. The maximum absolute atomic E-state index is 12.6. The van der Waals surface area contributed by atoms with E-state index in [1.165, 1.54) is 11.3 Å². The molecule has 1 aliphatic carbocycles. The van der Waals surface area contributed by atoms with Crippen LogP contribution in [0.3, 0.4) is 0 Å². The number of nitrogens with zero attached hydrogens (tertiary/aromatic N) is 1. The van der Waals surface area contributed by atoms with Crippen molar-refractivity contribution < 1.29 is 13.9 Å². The second-order valence-corrected chi connectivity index (χ2v) is 5.50. The van der Waals surface area contributed by atoms with Gasteiger partial charge in [0.2, 0.25) is 0 Å². The van der Waals surface area contributed by atoms with E-state index in [4.69, 9.17) is 5.73 Å². The lowest BCUT2D eigenvalue weighted by molar-refractivity contribution is -0.158. The normalized spacial score (nSPS) is 23.8. The maximum atomic E-state index is 12.6. The molecule has 0 spiro atoms. The first kappa shape index (κ1) is 11.9. The van der Waals surface area contributed by atoms with E-state index in [2.05, 4.69) is 4.98 Å². The van der Waals surface area contributed by atoms with E-state index < -0.39 is 30.4 Å². The Morgan fingerprint density at radius 3 is 2.56 bits per heavy atom. The molecule has 0 aromatic carbocycles. The van der Waals surface area contributed by atoms with Crippen LogP contribution < -0.4 is 5.73 Å². The average Bonchev–Trinajstić information content (AvgIpc) is 2.76. The molecule has 0 amide bonds. The van der Waals surface area contributed by atoms with Crippen LogP contribution in [0.15, 0.2) is 11.6 Å². The summed E-state index contributed by atoms with van der Waals surface area (Å²) >= 11 is 1.34. The Bertz CT molecular complexity index is 346. The summed E-state index contributed by atoms with van der Waals surface area (Å²) in [5.41, 5.74) is 3.63. The summed E-state index contributed by atoms with van der Waals surface area (Å²) in [5, 5.41) is 12.5. The zero-order valence-electron chi connectivity index (χ0n) is 8.70. The molecule has 6 heteroatoms. The van der Waals surface area contributed by atoms with Gasteiger partial charge in [0, 0.05) is 17.0 Å². The molecule has 1 saturated carbocycles. The number of hydrogen-bond donors (Lipinski definition) is 2. The fraction of sp³-hybridized carbons (Fsp3) is 0.700. The molecule has 1 fully saturated rings. The summed E-state index contributed by atoms with van der Waals surface area (Å²) in [6.07, 6.45) is 1.72. The number of aliphatic hydroxyl groups is 1. The molecule has 1 aliphatic rings. The van der Waals surface area contributed by atoms with Gasteiger partial charge < -0.3 is 10.8 Å². The van der Waals surface area contributed by atoms with E-state index in [1.54, 1.807) is 11.6 Å². The minimum atomic E-state index is -1.21. The van der Waals surface area contributed by atoms with Crippen LogP contribution >= 0.6 is 11.3 Å². The minimum Gasteiger partial charge on any atom is -0.388 e. The average molecular weight is 248 g/mol. The standard InChI is InChI=1S/C10H14F2N2OS/c11-5-9(6-12)3-10(15,4-9)7(13)8-14-1-2-16-8/h1-2,7,15H,3-6,13H2. The zero-order chi connectivity index (χ0) is 11.8. The van der Waals surface area contributed by atoms with Crippen molar-refractivity contribution in [3.8, 4) is 0 Å². The quantitative estimate of drug-likeness (QED) is 0.850. The number of aromatic nitrogens is 1. The molecule has 1 aromatic heterocycles. The fourth-order valence-electron chi connectivity index (χ4n) is 2.31. The molecule has 1 heterocycles. The van der Waals surface area contributed by atoms with Crippen LogP contribution in [0.5, 0.6) is 0 Å². The van der Waals surface area contributed by atoms with Gasteiger partial charge in [-0.15, -0.1) is 11.3 Å². The van der Waals surface area contributed by atoms with Gasteiger partial charge in [-0.05, 0) is 12.8 Å². The van der Waals surface area contributed by atoms with Crippen LogP contribution in [0.4, 0.5) is 8.78 Å². The number of rotatable bonds is 4. The highest BCUT2D eigenvalue weighted by Crippen LogP contribution is 2.53. The highest BCUT2D eigenvalue weighted by atomic mass is 32.1. The first-order chi connectivity index (χ1) is 7.55. The predicted molar refractivity (Wildman–Crippen MR) is 57.6 cm³/mol. The molecule has 0 bridgehead atoms. The van der Waals surface area contributed by atoms with Gasteiger partial charge in [0.1, 0.15) is 5.01 Å². The van der Waals surface area contributed by atoms with E-state index in [9.17, 15) is 13.9 Å². The molecule has 3 N–H and O–H groups in total. The van der Waals surface area contributed by atoms with Gasteiger partial charge in [-0.1, -0.05) is 0 Å². The van der Waals surface area contributed by atoms with Gasteiger partial charge in [0.15, 0.2) is 0 Å². The Morgan fingerprint density at radius 2 is 2.12 bits per heavy atom. The predicted octanol–water partition coefficient (Wildman–Crippen LogP) is 1.59. The summed E-state index contributed by atoms with van der Waals surface area (Å²) in [6.45, 7) is -1.51. The number of hydrogen-bond acceptors (Lipinski definition) is 4. The second-order valence-electron chi connectivity index (χ2n) is 4.57. The molecule has 1 unspecified atom stereocenters. The molecule has 0 saturated heterocycles. The highest BCUT2D eigenvalue weighted by Gasteiger charge is 2.57. The molecule has 16 heavy (non-hydrogen) atoms. The van der Waals surface area contributed by atoms with Crippen LogP contribution in [0.25, 0.3) is 0 Å². The lowest BCUT2D eigenvalue weighted by atomic mass is 9.58. The van der Waals surface area contributed by atoms with Crippen molar-refractivity contribution >= 4 is 11.3 Å². The van der Waals surface area contributed by atoms with E-state index >= 15 is 0 Å². The molecular formula is C10H14F2N2OS. The van der Waals surface area contributed by atoms with Gasteiger partial charge in [0.25, 0.3) is 0 Å². The van der Waals surface area contributed by atoms with Crippen molar-refractivity contribution in [1.29, 1.82) is 0 Å². The van der Waals surface area contributed by atoms with Crippen molar-refractivity contribution in [1.82, 2.24) is 4.98 Å². The first-order valence-electron chi connectivity index (χ1n) is 5.05. The van der Waals surface area contributed by atoms with Crippen LogP contribution in [0.2, 0.25) is 0 Å². The molecule has 1 atom stereocenters. The number of nitrogens with two attached hydrogens (primary N) is 1. The summed E-state index contributed by atoms with van der Waals surface area (Å²) in [4.78, 5) is 4.01. The van der Waals surface area contributed by atoms with Crippen molar-refractivity contribution in [2.45, 2.75) is 24.5 Å². The van der Waals surface area contributed by atoms with Crippen molar-refractivity contribution in [2.75, 3.05) is 13.3 Å². The third-order valence-electron chi connectivity index (χ3n) is 3.23. The van der Waals surface area contributed by atoms with Crippen LogP contribution in [0, 0.1) is 5.41 Å². The summed E-state index contributed by atoms with van der Waals surface area (Å²) in [5.74, 6) is 0. The Morgan fingerprint density at radius 1 is 1.50 bits per heavy atom. The van der Waals surface area contributed by atoms with Gasteiger partial charge in [-0.3, -0.25) is 8.78 Å². The molecule has 0 radical (unpaired) electrons. The van der Waals surface area contributed by atoms with E-state index in [1.807, 2.05) is 0 Å². The van der Waals surface area contributed by atoms with Gasteiger partial charge in [-0.2, -0.15) is 0 Å². The molecule has 3 nitrogen and oxygen atoms in total. The molecule has 1 aromatic rings. The monoisotopic (exact) mass is 248 g/mol. The maximum Gasteiger partial charge on any atom is 0.112 e. The molecule has 2 rings (SSSR count). The summed E-state index contributed by atoms with van der Waals surface area (Å²) in [7, 11) is 0. The van der Waals surface area contributed by atoms with Gasteiger partial charge >= 0.3 is 0 Å². The van der Waals surface area contributed by atoms with Crippen molar-refractivity contribution in [3.63, 3.8) is 0 Å². The first-order valence-corrected chi connectivity index (χ1v) is 5.92. The van der Waals surface area contributed by atoms with Crippen molar-refractivity contribution in [2.24, 2.45) is 11.1 Å². The zero-order valence-corrected chi connectivity index (χ0v) is 9.51. The number of alkyl halides is 2. The summed E-state index contributed by atoms with van der Waals surface area (Å²) < 4.78 is 25.3. The Hall–Kier alpha value is -0.590. The van der Waals surface area contributed by atoms with Crippen molar-refractivity contribution in [3.05, 3.63) is 16.6 Å². The third-order valence-corrected chi connectivity index (χ3v) is 4.08. The lowest BCUT2D eigenvalue weighted by Gasteiger charge is -2.52. The fourth-order valence-corrected chi connectivity index (χ4v) is 3.06. The van der Waals surface area contributed by atoms with E-state index in [0.717, 1.165) is 0 Å². The van der Waals surface area contributed by atoms with Crippen LogP contribution in [0.1, 0.15) is 23.9 Å². The Labute approximate surface area is 96.3 Å². The number of halogens is 2. The van der Waals surface area contributed by atoms with Crippen LogP contribution in [-0.4, -0.2) is 29.0 Å². The Balaban J connectivity index is 2.07. The smallest absolute Gasteiger partial charge is 0.112 e. The van der Waals surface area contributed by atoms with Gasteiger partial charge in [0.05, 0.1) is 25.0 Å². The highest BCUT2D eigenvalue weighted by molar-refractivity contribution is 7.09. The van der Waals surface area contributed by atoms with Gasteiger partial charge in [-0.25, -0.2) is 4.98 Å². The molecular weight excluding hydrogens is 234 g/mol. The summed E-state index contributed by atoms with van der Waals surface area (Å²) in [6, 6.07) is -0.654. The minimum absolute atomic E-state index is 0.0632. The van der Waals surface area contributed by atoms with E-state index in [0.29, 0.717) is 5.01 Å². The number of thiazole rings is 1.